The van der Waals surface area contributed by atoms with E-state index in [9.17, 15) is 0 Å². The highest BCUT2D eigenvalue weighted by Gasteiger charge is 2.24. The molecule has 10 heavy (non-hydrogen) atoms. The van der Waals surface area contributed by atoms with Gasteiger partial charge in [-0.1, -0.05) is 25.7 Å². The van der Waals surface area contributed by atoms with Crippen molar-refractivity contribution in [2.24, 2.45) is 0 Å². The Bertz CT molecular complexity index is 87.3. The van der Waals surface area contributed by atoms with Crippen LogP contribution < -0.4 is 0 Å². The third-order valence-electron chi connectivity index (χ3n) is 1.31. The van der Waals surface area contributed by atoms with Crippen molar-refractivity contribution in [3.63, 3.8) is 0 Å². The molecule has 0 heterocycles. The zero-order chi connectivity index (χ0) is 8.41. The lowest BCUT2D eigenvalue weighted by Crippen LogP contribution is -2.24. The van der Waals surface area contributed by atoms with Gasteiger partial charge in [0.1, 0.15) is 0 Å². The molecule has 62 valence electrons. The Morgan fingerprint density at radius 2 is 1.30 bits per heavy atom. The van der Waals surface area contributed by atoms with Crippen LogP contribution in [0.2, 0.25) is 38.3 Å². The van der Waals surface area contributed by atoms with E-state index in [1.165, 1.54) is 6.04 Å². The smallest absolute Gasteiger partial charge is 0.146 e. The van der Waals surface area contributed by atoms with E-state index in [2.05, 4.69) is 19.6 Å². The second kappa shape index (κ2) is 3.61. The molecule has 0 saturated carbocycles. The predicted molar refractivity (Wildman–Crippen MR) is 56.3 cm³/mol. The van der Waals surface area contributed by atoms with Crippen LogP contribution in [0.15, 0.2) is 0 Å². The molecule has 0 nitrogen and oxygen atoms in total. The summed E-state index contributed by atoms with van der Waals surface area (Å²) in [6.45, 7) is 7.25. The highest BCUT2D eigenvalue weighted by atomic mass is 35.7. The molecule has 0 aromatic heterocycles. The lowest BCUT2D eigenvalue weighted by molar-refractivity contribution is 1.32. The number of halogens is 2. The first-order valence-corrected chi connectivity index (χ1v) is 12.0. The van der Waals surface area contributed by atoms with Crippen molar-refractivity contribution in [1.82, 2.24) is 0 Å². The van der Waals surface area contributed by atoms with E-state index in [1.54, 1.807) is 0 Å². The van der Waals surface area contributed by atoms with Gasteiger partial charge in [-0.3, -0.25) is 0 Å². The Kier molecular flexibility index (Phi) is 3.98. The molecule has 0 atom stereocenters. The zero-order valence-corrected chi connectivity index (χ0v) is 10.7. The molecule has 0 bridgehead atoms. The first kappa shape index (κ1) is 11.0. The first-order chi connectivity index (χ1) is 4.21. The maximum Gasteiger partial charge on any atom is 0.248 e. The van der Waals surface area contributed by atoms with Crippen molar-refractivity contribution in [3.8, 4) is 0 Å². The normalized spacial score (nSPS) is 13.8. The minimum atomic E-state index is -1.79. The lowest BCUT2D eigenvalue weighted by Gasteiger charge is -2.18. The van der Waals surface area contributed by atoms with Crippen LogP contribution in [-0.4, -0.2) is 14.8 Å². The summed E-state index contributed by atoms with van der Waals surface area (Å²) in [6.07, 6.45) is 0. The Balaban J connectivity index is 3.56. The van der Waals surface area contributed by atoms with Crippen molar-refractivity contribution in [1.29, 1.82) is 0 Å². The molecule has 4 heteroatoms. The van der Waals surface area contributed by atoms with Crippen molar-refractivity contribution >= 4 is 36.9 Å². The van der Waals surface area contributed by atoms with Gasteiger partial charge in [0.25, 0.3) is 0 Å². The summed E-state index contributed by atoms with van der Waals surface area (Å²) < 4.78 is 0. The Morgan fingerprint density at radius 3 is 1.40 bits per heavy atom. The molecule has 0 aliphatic carbocycles. The van der Waals surface area contributed by atoms with E-state index in [-0.39, 0.29) is 0 Å². The molecule has 0 aromatic rings. The summed E-state index contributed by atoms with van der Waals surface area (Å²) in [4.78, 5) is 0. The lowest BCUT2D eigenvalue weighted by atomic mass is 10.9. The van der Waals surface area contributed by atoms with Crippen LogP contribution in [0, 0.1) is 0 Å². The van der Waals surface area contributed by atoms with Gasteiger partial charge in [0, 0.05) is 8.07 Å². The quantitative estimate of drug-likeness (QED) is 0.495. The van der Waals surface area contributed by atoms with Gasteiger partial charge >= 0.3 is 0 Å². The topological polar surface area (TPSA) is 0 Å². The summed E-state index contributed by atoms with van der Waals surface area (Å²) in [5, 5.41) is 0. The van der Waals surface area contributed by atoms with Crippen LogP contribution in [0.25, 0.3) is 0 Å². The van der Waals surface area contributed by atoms with Crippen molar-refractivity contribution in [2.75, 3.05) is 0 Å². The third kappa shape index (κ3) is 9.01. The SMILES string of the molecule is C[Si](C)(C)CC[Si](C)(Cl)Cl. The highest BCUT2D eigenvalue weighted by Crippen LogP contribution is 2.25. The zero-order valence-electron chi connectivity index (χ0n) is 7.17. The van der Waals surface area contributed by atoms with Crippen LogP contribution in [0.3, 0.4) is 0 Å². The predicted octanol–water partition coefficient (Wildman–Crippen LogP) is 3.87. The van der Waals surface area contributed by atoms with E-state index in [0.717, 1.165) is 6.04 Å². The average Bonchev–Trinajstić information content (AvgIpc) is 1.57. The Morgan fingerprint density at radius 1 is 0.900 bits per heavy atom. The Hall–Kier alpha value is 1.01. The fourth-order valence-electron chi connectivity index (χ4n) is 0.594. The summed E-state index contributed by atoms with van der Waals surface area (Å²) in [7, 11) is -0.901. The van der Waals surface area contributed by atoms with Crippen molar-refractivity contribution < 1.29 is 0 Å². The minimum Gasteiger partial charge on any atom is -0.146 e. The van der Waals surface area contributed by atoms with Crippen molar-refractivity contribution in [3.05, 3.63) is 0 Å². The van der Waals surface area contributed by atoms with E-state index in [4.69, 9.17) is 22.2 Å². The third-order valence-corrected chi connectivity index (χ3v) is 5.83. The minimum absolute atomic E-state index is 0.901. The molecule has 0 aliphatic rings. The molecule has 0 N–H and O–H groups in total. The van der Waals surface area contributed by atoms with Gasteiger partial charge in [0.2, 0.25) is 6.69 Å². The molecular formula is C6H16Cl2Si2. The molecule has 0 amide bonds. The molecule has 0 rings (SSSR count). The average molecular weight is 215 g/mol. The monoisotopic (exact) mass is 214 g/mol. The highest BCUT2D eigenvalue weighted by molar-refractivity contribution is 7.45. The molecule has 0 spiro atoms. The van der Waals surface area contributed by atoms with E-state index >= 15 is 0 Å². The maximum atomic E-state index is 5.97. The van der Waals surface area contributed by atoms with Gasteiger partial charge in [0.15, 0.2) is 0 Å². The van der Waals surface area contributed by atoms with Crippen LogP contribution in [0.5, 0.6) is 0 Å². The Labute approximate surface area is 75.3 Å². The van der Waals surface area contributed by atoms with Crippen LogP contribution in [0.1, 0.15) is 0 Å². The largest absolute Gasteiger partial charge is 0.248 e. The number of rotatable bonds is 3. The van der Waals surface area contributed by atoms with Gasteiger partial charge in [-0.2, -0.15) is 0 Å². The molecule has 0 aromatic carbocycles. The van der Waals surface area contributed by atoms with Crippen LogP contribution >= 0.6 is 22.2 Å². The van der Waals surface area contributed by atoms with E-state index < -0.39 is 14.8 Å². The maximum absolute atomic E-state index is 5.97. The first-order valence-electron chi connectivity index (χ1n) is 3.59. The summed E-state index contributed by atoms with van der Waals surface area (Å²) >= 11 is 11.9. The standard InChI is InChI=1S/C6H16Cl2Si2/c1-9(2,3)5-6-10(4,7)8/h5-6H2,1-4H3. The fraction of sp³-hybridized carbons (Fsp3) is 1.00. The number of hydrogen-bond acceptors (Lipinski definition) is 0. The number of hydrogen-bond donors (Lipinski definition) is 0. The van der Waals surface area contributed by atoms with Crippen LogP contribution in [-0.2, 0) is 0 Å². The van der Waals surface area contributed by atoms with E-state index in [1.807, 2.05) is 6.55 Å². The van der Waals surface area contributed by atoms with Gasteiger partial charge in [0.05, 0.1) is 0 Å². The summed E-state index contributed by atoms with van der Waals surface area (Å²) in [5.41, 5.74) is 0. The molecule has 0 radical (unpaired) electrons. The second-order valence-electron chi connectivity index (χ2n) is 4.13. The molecule has 0 unspecified atom stereocenters. The molecular weight excluding hydrogens is 199 g/mol. The summed E-state index contributed by atoms with van der Waals surface area (Å²) in [6, 6.07) is 2.33. The van der Waals surface area contributed by atoms with Gasteiger partial charge in [-0.15, -0.1) is 22.2 Å². The molecule has 0 saturated heterocycles. The van der Waals surface area contributed by atoms with Gasteiger partial charge < -0.3 is 0 Å². The fourth-order valence-corrected chi connectivity index (χ4v) is 7.05. The van der Waals surface area contributed by atoms with E-state index in [0.29, 0.717) is 0 Å². The van der Waals surface area contributed by atoms with Gasteiger partial charge in [-0.05, 0) is 12.6 Å². The van der Waals surface area contributed by atoms with Crippen LogP contribution in [0.4, 0.5) is 0 Å². The molecule has 0 aliphatic heterocycles. The summed E-state index contributed by atoms with van der Waals surface area (Å²) in [5.74, 6) is 0. The second-order valence-corrected chi connectivity index (χ2v) is 18.0. The van der Waals surface area contributed by atoms with Crippen molar-refractivity contribution in [2.45, 2.75) is 38.3 Å². The molecule has 0 fully saturated rings. The van der Waals surface area contributed by atoms with Gasteiger partial charge in [-0.25, -0.2) is 0 Å².